The zero-order chi connectivity index (χ0) is 12.8. The molecule has 1 aromatic rings. The molecular formula is C11H10ClNO4. The van der Waals surface area contributed by atoms with Crippen LogP contribution in [0.2, 0.25) is 5.15 Å². The second kappa shape index (κ2) is 6.00. The van der Waals surface area contributed by atoms with E-state index < -0.39 is 11.9 Å². The van der Waals surface area contributed by atoms with Gasteiger partial charge in [-0.05, 0) is 12.1 Å². The van der Waals surface area contributed by atoms with E-state index >= 15 is 0 Å². The molecule has 90 valence electrons. The fourth-order valence-electron chi connectivity index (χ4n) is 1.12. The van der Waals surface area contributed by atoms with Gasteiger partial charge in [0, 0.05) is 5.56 Å². The Morgan fingerprint density at radius 2 is 2.24 bits per heavy atom. The van der Waals surface area contributed by atoms with Crippen molar-refractivity contribution in [3.63, 3.8) is 0 Å². The Kier molecular flexibility index (Phi) is 4.66. The van der Waals surface area contributed by atoms with Crippen LogP contribution in [0.5, 0.6) is 0 Å². The first kappa shape index (κ1) is 13.2. The molecular weight excluding hydrogens is 246 g/mol. The third-order valence-corrected chi connectivity index (χ3v) is 2.12. The van der Waals surface area contributed by atoms with Crippen molar-refractivity contribution >= 4 is 29.6 Å². The lowest BCUT2D eigenvalue weighted by Gasteiger charge is -2.00. The minimum absolute atomic E-state index is 0.0676. The van der Waals surface area contributed by atoms with Crippen LogP contribution in [0.4, 0.5) is 0 Å². The molecule has 0 aromatic carbocycles. The lowest BCUT2D eigenvalue weighted by Crippen LogP contribution is -2.03. The van der Waals surface area contributed by atoms with E-state index in [1.54, 1.807) is 0 Å². The average molecular weight is 256 g/mol. The average Bonchev–Trinajstić information content (AvgIpc) is 2.30. The number of carboxylic acid groups (broad SMARTS) is 1. The number of ether oxygens (including phenoxy) is 1. The van der Waals surface area contributed by atoms with Crippen LogP contribution in [0.25, 0.3) is 6.08 Å². The van der Waals surface area contributed by atoms with E-state index in [4.69, 9.17) is 16.7 Å². The van der Waals surface area contributed by atoms with Crippen molar-refractivity contribution in [2.75, 3.05) is 7.11 Å². The Morgan fingerprint density at radius 3 is 2.82 bits per heavy atom. The van der Waals surface area contributed by atoms with E-state index in [0.717, 1.165) is 0 Å². The van der Waals surface area contributed by atoms with E-state index in [1.165, 1.54) is 31.4 Å². The van der Waals surface area contributed by atoms with Crippen molar-refractivity contribution in [1.82, 2.24) is 4.98 Å². The third-order valence-electron chi connectivity index (χ3n) is 1.90. The molecule has 0 radical (unpaired) electrons. The molecule has 0 atom stereocenters. The molecule has 1 aromatic heterocycles. The van der Waals surface area contributed by atoms with Crippen LogP contribution >= 0.6 is 11.6 Å². The van der Waals surface area contributed by atoms with E-state index in [1.807, 2.05) is 0 Å². The molecule has 0 amide bonds. The van der Waals surface area contributed by atoms with Gasteiger partial charge in [-0.3, -0.25) is 4.79 Å². The fraction of sp³-hybridized carbons (Fsp3) is 0.182. The number of methoxy groups -OCH3 is 1. The van der Waals surface area contributed by atoms with E-state index in [9.17, 15) is 9.59 Å². The maximum atomic E-state index is 10.9. The largest absolute Gasteiger partial charge is 0.476 e. The predicted octanol–water partition coefficient (Wildman–Crippen LogP) is 2.01. The lowest BCUT2D eigenvalue weighted by molar-refractivity contribution is -0.139. The zero-order valence-corrected chi connectivity index (χ0v) is 9.77. The highest BCUT2D eigenvalue weighted by molar-refractivity contribution is 6.29. The predicted molar refractivity (Wildman–Crippen MR) is 61.9 cm³/mol. The van der Waals surface area contributed by atoms with Gasteiger partial charge in [-0.2, -0.15) is 0 Å². The van der Waals surface area contributed by atoms with Crippen molar-refractivity contribution < 1.29 is 19.4 Å². The van der Waals surface area contributed by atoms with Crippen molar-refractivity contribution in [3.8, 4) is 0 Å². The lowest BCUT2D eigenvalue weighted by atomic mass is 10.1. The highest BCUT2D eigenvalue weighted by atomic mass is 35.5. The summed E-state index contributed by atoms with van der Waals surface area (Å²) in [6, 6.07) is 3.00. The van der Waals surface area contributed by atoms with Gasteiger partial charge in [0.15, 0.2) is 5.69 Å². The molecule has 17 heavy (non-hydrogen) atoms. The molecule has 0 spiro atoms. The van der Waals surface area contributed by atoms with Crippen LogP contribution in [0.15, 0.2) is 18.2 Å². The summed E-state index contributed by atoms with van der Waals surface area (Å²) in [4.78, 5) is 25.4. The van der Waals surface area contributed by atoms with Crippen molar-refractivity contribution in [2.24, 2.45) is 0 Å². The maximum absolute atomic E-state index is 10.9. The summed E-state index contributed by atoms with van der Waals surface area (Å²) in [7, 11) is 1.28. The van der Waals surface area contributed by atoms with Gasteiger partial charge in [0.1, 0.15) is 5.15 Å². The van der Waals surface area contributed by atoms with Crippen LogP contribution < -0.4 is 0 Å². The van der Waals surface area contributed by atoms with Gasteiger partial charge in [0.05, 0.1) is 13.5 Å². The number of carbonyl (C=O) groups excluding carboxylic acids is 1. The zero-order valence-electron chi connectivity index (χ0n) is 9.01. The SMILES string of the molecule is COC(=O)CC=Cc1ccc(Cl)nc1C(=O)O. The smallest absolute Gasteiger partial charge is 0.355 e. The Bertz CT molecular complexity index is 471. The number of nitrogens with zero attached hydrogens (tertiary/aromatic N) is 1. The number of hydrogen-bond donors (Lipinski definition) is 1. The number of hydrogen-bond acceptors (Lipinski definition) is 4. The first-order valence-electron chi connectivity index (χ1n) is 4.67. The summed E-state index contributed by atoms with van der Waals surface area (Å²) < 4.78 is 4.44. The van der Waals surface area contributed by atoms with Gasteiger partial charge in [0.2, 0.25) is 0 Å². The van der Waals surface area contributed by atoms with Crippen LogP contribution in [0.1, 0.15) is 22.5 Å². The molecule has 0 fully saturated rings. The first-order chi connectivity index (χ1) is 8.04. The molecule has 1 N–H and O–H groups in total. The minimum atomic E-state index is -1.18. The number of carbonyl (C=O) groups is 2. The van der Waals surface area contributed by atoms with E-state index in [2.05, 4.69) is 9.72 Å². The second-order valence-electron chi connectivity index (χ2n) is 3.06. The Balaban J connectivity index is 2.90. The summed E-state index contributed by atoms with van der Waals surface area (Å²) in [5.41, 5.74) is 0.226. The second-order valence-corrected chi connectivity index (χ2v) is 3.45. The normalized spacial score (nSPS) is 10.5. The number of carboxylic acids is 1. The quantitative estimate of drug-likeness (QED) is 0.658. The molecule has 0 aliphatic rings. The molecule has 0 aliphatic heterocycles. The Hall–Kier alpha value is -1.88. The number of esters is 1. The van der Waals surface area contributed by atoms with Gasteiger partial charge < -0.3 is 9.84 Å². The van der Waals surface area contributed by atoms with E-state index in [0.29, 0.717) is 5.56 Å². The van der Waals surface area contributed by atoms with Crippen LogP contribution in [0, 0.1) is 0 Å². The molecule has 6 heteroatoms. The fourth-order valence-corrected chi connectivity index (χ4v) is 1.26. The molecule has 0 saturated carbocycles. The van der Waals surface area contributed by atoms with E-state index in [-0.39, 0.29) is 17.3 Å². The Morgan fingerprint density at radius 1 is 1.53 bits per heavy atom. The van der Waals surface area contributed by atoms with Crippen molar-refractivity contribution in [3.05, 3.63) is 34.6 Å². The molecule has 0 bridgehead atoms. The molecule has 0 aliphatic carbocycles. The molecule has 1 heterocycles. The number of rotatable bonds is 4. The monoisotopic (exact) mass is 255 g/mol. The standard InChI is InChI=1S/C11H10ClNO4/c1-17-9(14)4-2-3-7-5-6-8(12)13-10(7)11(15)16/h2-3,5-6H,4H2,1H3,(H,15,16). The molecule has 1 rings (SSSR count). The summed E-state index contributed by atoms with van der Waals surface area (Å²) in [6.45, 7) is 0. The van der Waals surface area contributed by atoms with Gasteiger partial charge in [-0.15, -0.1) is 0 Å². The maximum Gasteiger partial charge on any atom is 0.355 e. The van der Waals surface area contributed by atoms with Crippen LogP contribution in [-0.4, -0.2) is 29.1 Å². The number of aromatic carboxylic acids is 1. The Labute approximate surface area is 103 Å². The highest BCUT2D eigenvalue weighted by Crippen LogP contribution is 2.13. The summed E-state index contributed by atoms with van der Waals surface area (Å²) in [5.74, 6) is -1.58. The van der Waals surface area contributed by atoms with Crippen LogP contribution in [-0.2, 0) is 9.53 Å². The number of pyridine rings is 1. The molecule has 5 nitrogen and oxygen atoms in total. The first-order valence-corrected chi connectivity index (χ1v) is 5.05. The van der Waals surface area contributed by atoms with Crippen LogP contribution in [0.3, 0.4) is 0 Å². The summed E-state index contributed by atoms with van der Waals surface area (Å²) >= 11 is 5.60. The van der Waals surface area contributed by atoms with Gasteiger partial charge in [-0.1, -0.05) is 23.8 Å². The summed E-state index contributed by atoms with van der Waals surface area (Å²) in [5, 5.41) is 9.00. The third kappa shape index (κ3) is 3.88. The van der Waals surface area contributed by atoms with Gasteiger partial charge >= 0.3 is 11.9 Å². The van der Waals surface area contributed by atoms with Gasteiger partial charge in [0.25, 0.3) is 0 Å². The minimum Gasteiger partial charge on any atom is -0.476 e. The molecule has 0 unspecified atom stereocenters. The van der Waals surface area contributed by atoms with Crippen molar-refractivity contribution in [2.45, 2.75) is 6.42 Å². The van der Waals surface area contributed by atoms with Crippen molar-refractivity contribution in [1.29, 1.82) is 0 Å². The number of aromatic nitrogens is 1. The van der Waals surface area contributed by atoms with Gasteiger partial charge in [-0.25, -0.2) is 9.78 Å². The molecule has 0 saturated heterocycles. The summed E-state index contributed by atoms with van der Waals surface area (Å²) in [6.07, 6.45) is 3.06. The topological polar surface area (TPSA) is 76.5 Å². The highest BCUT2D eigenvalue weighted by Gasteiger charge is 2.10. The number of halogens is 1.